The van der Waals surface area contributed by atoms with E-state index in [1.54, 1.807) is 26.0 Å². The van der Waals surface area contributed by atoms with Gasteiger partial charge in [-0.1, -0.05) is 11.6 Å². The lowest BCUT2D eigenvalue weighted by atomic mass is 9.95. The highest BCUT2D eigenvalue weighted by molar-refractivity contribution is 5.97. The Balaban J connectivity index is 2.00. The largest absolute Gasteiger partial charge is 0.508 e. The van der Waals surface area contributed by atoms with Crippen LogP contribution in [0.2, 0.25) is 0 Å². The van der Waals surface area contributed by atoms with E-state index in [9.17, 15) is 20.1 Å². The second-order valence-electron chi connectivity index (χ2n) is 8.39. The predicted molar refractivity (Wildman–Crippen MR) is 111 cm³/mol. The summed E-state index contributed by atoms with van der Waals surface area (Å²) in [5, 5.41) is 31.8. The molecule has 1 aliphatic heterocycles. The number of allylic oxidation sites excluding steroid dienone is 2. The fourth-order valence-corrected chi connectivity index (χ4v) is 3.74. The Bertz CT molecular complexity index is 1220. The van der Waals surface area contributed by atoms with Gasteiger partial charge in [0.1, 0.15) is 39.9 Å². The molecule has 1 aliphatic rings. The maximum Gasteiger partial charge on any atom is 0.204 e. The summed E-state index contributed by atoms with van der Waals surface area (Å²) in [6.07, 6.45) is 2.03. The number of aliphatic hydroxyl groups is 1. The molecule has 0 unspecified atom stereocenters. The zero-order valence-electron chi connectivity index (χ0n) is 16.9. The summed E-state index contributed by atoms with van der Waals surface area (Å²) in [4.78, 5) is 13.4. The topological polar surface area (TPSA) is 100 Å². The van der Waals surface area contributed by atoms with Gasteiger partial charge in [-0.3, -0.25) is 4.79 Å². The molecule has 152 valence electrons. The van der Waals surface area contributed by atoms with Gasteiger partial charge in [0.25, 0.3) is 0 Å². The van der Waals surface area contributed by atoms with E-state index in [2.05, 4.69) is 0 Å². The SMILES string of the molecule is CC(C)=CCc1c(O)ccc2oc3cc4c(c(O)c3c(=O)c12)C[C@@H](C(C)(C)O)O4. The minimum Gasteiger partial charge on any atom is -0.508 e. The number of phenols is 2. The maximum absolute atomic E-state index is 13.4. The lowest BCUT2D eigenvalue weighted by molar-refractivity contribution is -0.0229. The standard InChI is InChI=1S/C23H24O6/c1-11(2)5-6-12-14(24)7-8-15-19(12)22(26)20-17(28-15)10-16-13(21(20)25)9-18(29-16)23(3,4)27/h5,7-8,10,18,24-25,27H,6,9H2,1-4H3/t18-/m0/s1. The fraction of sp³-hybridized carbons (Fsp3) is 0.348. The number of benzene rings is 2. The Morgan fingerprint density at radius 3 is 2.59 bits per heavy atom. The molecule has 0 aliphatic carbocycles. The predicted octanol–water partition coefficient (Wildman–Crippen LogP) is 3.94. The number of phenolic OH excluding ortho intramolecular Hbond substituents is 2. The van der Waals surface area contributed by atoms with Crippen LogP contribution in [0.4, 0.5) is 0 Å². The molecule has 6 heteroatoms. The number of fused-ring (bicyclic) bond motifs is 3. The zero-order valence-corrected chi connectivity index (χ0v) is 16.9. The molecule has 0 radical (unpaired) electrons. The smallest absolute Gasteiger partial charge is 0.204 e. The van der Waals surface area contributed by atoms with Crippen molar-refractivity contribution in [2.45, 2.75) is 52.2 Å². The third-order valence-corrected chi connectivity index (χ3v) is 5.41. The first-order valence-electron chi connectivity index (χ1n) is 9.56. The molecule has 4 rings (SSSR count). The molecular weight excluding hydrogens is 372 g/mol. The highest BCUT2D eigenvalue weighted by atomic mass is 16.5. The van der Waals surface area contributed by atoms with Crippen molar-refractivity contribution in [1.29, 1.82) is 0 Å². The van der Waals surface area contributed by atoms with Gasteiger partial charge in [0.15, 0.2) is 0 Å². The van der Waals surface area contributed by atoms with E-state index in [1.807, 2.05) is 19.9 Å². The van der Waals surface area contributed by atoms with E-state index in [4.69, 9.17) is 9.15 Å². The van der Waals surface area contributed by atoms with Crippen molar-refractivity contribution < 1.29 is 24.5 Å². The average molecular weight is 396 g/mol. The molecule has 29 heavy (non-hydrogen) atoms. The van der Waals surface area contributed by atoms with Gasteiger partial charge in [0.2, 0.25) is 5.43 Å². The van der Waals surface area contributed by atoms with Crippen molar-refractivity contribution in [1.82, 2.24) is 0 Å². The zero-order chi connectivity index (χ0) is 21.1. The summed E-state index contributed by atoms with van der Waals surface area (Å²) in [5.74, 6) is 0.206. The van der Waals surface area contributed by atoms with Crippen molar-refractivity contribution >= 4 is 21.9 Å². The molecule has 3 N–H and O–H groups in total. The second kappa shape index (κ2) is 6.52. The van der Waals surface area contributed by atoms with Gasteiger partial charge >= 0.3 is 0 Å². The molecule has 1 aromatic heterocycles. The van der Waals surface area contributed by atoms with Gasteiger partial charge < -0.3 is 24.5 Å². The van der Waals surface area contributed by atoms with Crippen molar-refractivity contribution in [3.63, 3.8) is 0 Å². The van der Waals surface area contributed by atoms with Crippen LogP contribution in [-0.4, -0.2) is 27.0 Å². The number of hydrogen-bond donors (Lipinski definition) is 3. The molecular formula is C23H24O6. The Hall–Kier alpha value is -2.99. The van der Waals surface area contributed by atoms with E-state index < -0.39 is 17.1 Å². The Kier molecular flexibility index (Phi) is 4.35. The van der Waals surface area contributed by atoms with Gasteiger partial charge in [-0.15, -0.1) is 0 Å². The molecule has 0 bridgehead atoms. The third kappa shape index (κ3) is 3.13. The molecule has 0 fully saturated rings. The van der Waals surface area contributed by atoms with Gasteiger partial charge in [0, 0.05) is 23.6 Å². The maximum atomic E-state index is 13.4. The van der Waals surface area contributed by atoms with Crippen LogP contribution in [-0.2, 0) is 12.8 Å². The quantitative estimate of drug-likeness (QED) is 0.458. The summed E-state index contributed by atoms with van der Waals surface area (Å²) in [6, 6.07) is 4.63. The lowest BCUT2D eigenvalue weighted by Gasteiger charge is -2.24. The van der Waals surface area contributed by atoms with Crippen molar-refractivity contribution in [2.75, 3.05) is 0 Å². The molecule has 6 nitrogen and oxygen atoms in total. The normalized spacial score (nSPS) is 16.1. The van der Waals surface area contributed by atoms with Crippen molar-refractivity contribution in [2.24, 2.45) is 0 Å². The molecule has 0 saturated carbocycles. The van der Waals surface area contributed by atoms with Gasteiger partial charge in [-0.05, 0) is 46.2 Å². The van der Waals surface area contributed by atoms with Gasteiger partial charge in [-0.2, -0.15) is 0 Å². The molecule has 2 heterocycles. The van der Waals surface area contributed by atoms with E-state index in [0.717, 1.165) is 5.57 Å². The monoisotopic (exact) mass is 396 g/mol. The fourth-order valence-electron chi connectivity index (χ4n) is 3.74. The second-order valence-corrected chi connectivity index (χ2v) is 8.39. The van der Waals surface area contributed by atoms with Crippen LogP contribution in [0, 0.1) is 0 Å². The first kappa shape index (κ1) is 19.3. The summed E-state index contributed by atoms with van der Waals surface area (Å²) >= 11 is 0. The first-order chi connectivity index (χ1) is 13.6. The van der Waals surface area contributed by atoms with Crippen molar-refractivity contribution in [3.8, 4) is 17.2 Å². The molecule has 2 aromatic carbocycles. The van der Waals surface area contributed by atoms with E-state index >= 15 is 0 Å². The molecule has 3 aromatic rings. The van der Waals surface area contributed by atoms with Crippen LogP contribution in [0.1, 0.15) is 38.8 Å². The summed E-state index contributed by atoms with van der Waals surface area (Å²) in [7, 11) is 0. The summed E-state index contributed by atoms with van der Waals surface area (Å²) in [6.45, 7) is 7.15. The van der Waals surface area contributed by atoms with Crippen LogP contribution in [0.15, 0.2) is 39.1 Å². The van der Waals surface area contributed by atoms with E-state index in [1.165, 1.54) is 6.07 Å². The highest BCUT2D eigenvalue weighted by Gasteiger charge is 2.37. The van der Waals surface area contributed by atoms with Gasteiger partial charge in [-0.25, -0.2) is 0 Å². The van der Waals surface area contributed by atoms with Crippen LogP contribution in [0.5, 0.6) is 17.2 Å². The summed E-state index contributed by atoms with van der Waals surface area (Å²) < 4.78 is 11.7. The summed E-state index contributed by atoms with van der Waals surface area (Å²) in [5.41, 5.74) is 1.02. The number of rotatable bonds is 3. The Morgan fingerprint density at radius 2 is 1.93 bits per heavy atom. The van der Waals surface area contributed by atoms with Crippen LogP contribution >= 0.6 is 0 Å². The molecule has 1 atom stereocenters. The highest BCUT2D eigenvalue weighted by Crippen LogP contribution is 2.43. The Morgan fingerprint density at radius 1 is 1.21 bits per heavy atom. The van der Waals surface area contributed by atoms with Crippen LogP contribution in [0.25, 0.3) is 21.9 Å². The van der Waals surface area contributed by atoms with E-state index in [-0.39, 0.29) is 34.3 Å². The Labute approximate surface area is 167 Å². The average Bonchev–Trinajstić information content (AvgIpc) is 3.06. The number of aromatic hydroxyl groups is 2. The van der Waals surface area contributed by atoms with Crippen LogP contribution in [0.3, 0.4) is 0 Å². The number of ether oxygens (including phenoxy) is 1. The minimum atomic E-state index is -1.11. The van der Waals surface area contributed by atoms with E-state index in [0.29, 0.717) is 28.9 Å². The first-order valence-corrected chi connectivity index (χ1v) is 9.56. The lowest BCUT2D eigenvalue weighted by Crippen LogP contribution is -2.39. The molecule has 0 spiro atoms. The third-order valence-electron chi connectivity index (χ3n) is 5.41. The molecule has 0 amide bonds. The van der Waals surface area contributed by atoms with Gasteiger partial charge in [0.05, 0.1) is 11.0 Å². The van der Waals surface area contributed by atoms with Crippen molar-refractivity contribution in [3.05, 3.63) is 51.2 Å². The minimum absolute atomic E-state index is 0.00715. The van der Waals surface area contributed by atoms with Crippen LogP contribution < -0.4 is 10.2 Å². The molecule has 0 saturated heterocycles. The number of hydrogen-bond acceptors (Lipinski definition) is 6.